The average molecular weight is 260 g/mol. The molecule has 2 rings (SSSR count). The van der Waals surface area contributed by atoms with Crippen LogP contribution in [0.25, 0.3) is 0 Å². The van der Waals surface area contributed by atoms with Crippen LogP contribution >= 0.6 is 0 Å². The number of amides is 1. The maximum Gasteiger partial charge on any atom is 0.248 e. The van der Waals surface area contributed by atoms with Crippen molar-refractivity contribution in [2.75, 3.05) is 5.32 Å². The summed E-state index contributed by atoms with van der Waals surface area (Å²) in [6, 6.07) is 10.5. The van der Waals surface area contributed by atoms with Crippen molar-refractivity contribution in [2.45, 2.75) is 6.54 Å². The molecule has 4 N–H and O–H groups in total. The van der Waals surface area contributed by atoms with Gasteiger partial charge in [-0.2, -0.15) is 0 Å². The van der Waals surface area contributed by atoms with Gasteiger partial charge in [0.15, 0.2) is 0 Å². The number of benzene rings is 2. The van der Waals surface area contributed by atoms with Gasteiger partial charge in [-0.15, -0.1) is 0 Å². The summed E-state index contributed by atoms with van der Waals surface area (Å²) in [4.78, 5) is 11.0. The first-order chi connectivity index (χ1) is 9.04. The van der Waals surface area contributed by atoms with Crippen LogP contribution < -0.4 is 11.1 Å². The van der Waals surface area contributed by atoms with Gasteiger partial charge < -0.3 is 16.2 Å². The summed E-state index contributed by atoms with van der Waals surface area (Å²) in [5.74, 6) is -1.13. The standard InChI is InChI=1S/C14H13FN2O2/c15-11-4-9(5-13(18)7-11)8-17-12-3-1-2-10(6-12)14(16)19/h1-7,17-18H,8H2,(H2,16,19). The Hall–Kier alpha value is -2.56. The van der Waals surface area contributed by atoms with E-state index in [-0.39, 0.29) is 5.75 Å². The van der Waals surface area contributed by atoms with E-state index in [0.29, 0.717) is 23.4 Å². The van der Waals surface area contributed by atoms with Crippen LogP contribution in [0.1, 0.15) is 15.9 Å². The highest BCUT2D eigenvalue weighted by Crippen LogP contribution is 2.17. The number of nitrogens with two attached hydrogens (primary N) is 1. The highest BCUT2D eigenvalue weighted by Gasteiger charge is 2.03. The van der Waals surface area contributed by atoms with Crippen LogP contribution in [0.2, 0.25) is 0 Å². The van der Waals surface area contributed by atoms with Gasteiger partial charge >= 0.3 is 0 Å². The molecule has 1 amide bonds. The lowest BCUT2D eigenvalue weighted by molar-refractivity contribution is 0.100. The van der Waals surface area contributed by atoms with E-state index in [1.54, 1.807) is 24.3 Å². The number of primary amides is 1. The van der Waals surface area contributed by atoms with E-state index < -0.39 is 11.7 Å². The molecule has 19 heavy (non-hydrogen) atoms. The van der Waals surface area contributed by atoms with E-state index in [4.69, 9.17) is 5.73 Å². The van der Waals surface area contributed by atoms with Gasteiger partial charge in [-0.25, -0.2) is 4.39 Å². The summed E-state index contributed by atoms with van der Waals surface area (Å²) in [6.45, 7) is 0.327. The predicted octanol–water partition coefficient (Wildman–Crippen LogP) is 2.24. The van der Waals surface area contributed by atoms with Gasteiger partial charge in [0.1, 0.15) is 11.6 Å². The van der Waals surface area contributed by atoms with E-state index in [2.05, 4.69) is 5.32 Å². The predicted molar refractivity (Wildman–Crippen MR) is 70.4 cm³/mol. The Kier molecular flexibility index (Phi) is 3.66. The number of hydrogen-bond acceptors (Lipinski definition) is 3. The van der Waals surface area contributed by atoms with Crippen molar-refractivity contribution in [1.29, 1.82) is 0 Å². The highest BCUT2D eigenvalue weighted by atomic mass is 19.1. The van der Waals surface area contributed by atoms with Crippen molar-refractivity contribution >= 4 is 11.6 Å². The minimum absolute atomic E-state index is 0.123. The zero-order chi connectivity index (χ0) is 13.8. The molecule has 0 saturated heterocycles. The Bertz CT molecular complexity index is 594. The maximum absolute atomic E-state index is 13.1. The van der Waals surface area contributed by atoms with Crippen molar-refractivity contribution < 1.29 is 14.3 Å². The fourth-order valence-corrected chi connectivity index (χ4v) is 1.72. The first-order valence-electron chi connectivity index (χ1n) is 5.67. The van der Waals surface area contributed by atoms with Gasteiger partial charge in [0.2, 0.25) is 5.91 Å². The number of anilines is 1. The van der Waals surface area contributed by atoms with Crippen LogP contribution in [-0.2, 0) is 6.54 Å². The van der Waals surface area contributed by atoms with Crippen LogP contribution in [0, 0.1) is 5.82 Å². The van der Waals surface area contributed by atoms with Crippen LogP contribution in [0.3, 0.4) is 0 Å². The molecular formula is C14H13FN2O2. The van der Waals surface area contributed by atoms with E-state index in [0.717, 1.165) is 6.07 Å². The third-order valence-corrected chi connectivity index (χ3v) is 2.59. The Labute approximate surface area is 109 Å². The molecule has 0 aromatic heterocycles. The molecule has 98 valence electrons. The number of nitrogens with one attached hydrogen (secondary N) is 1. The summed E-state index contributed by atoms with van der Waals surface area (Å²) < 4.78 is 13.1. The number of hydrogen-bond donors (Lipinski definition) is 3. The second kappa shape index (κ2) is 5.39. The van der Waals surface area contributed by atoms with Crippen molar-refractivity contribution in [1.82, 2.24) is 0 Å². The smallest absolute Gasteiger partial charge is 0.248 e. The maximum atomic E-state index is 13.1. The minimum atomic E-state index is -0.507. The molecule has 0 saturated carbocycles. The fraction of sp³-hybridized carbons (Fsp3) is 0.0714. The number of phenolic OH excluding ortho intramolecular Hbond substituents is 1. The van der Waals surface area contributed by atoms with E-state index in [1.165, 1.54) is 12.1 Å². The van der Waals surface area contributed by atoms with Crippen LogP contribution in [-0.4, -0.2) is 11.0 Å². The highest BCUT2D eigenvalue weighted by molar-refractivity contribution is 5.93. The second-order valence-corrected chi connectivity index (χ2v) is 4.12. The van der Waals surface area contributed by atoms with E-state index >= 15 is 0 Å². The third-order valence-electron chi connectivity index (χ3n) is 2.59. The summed E-state index contributed by atoms with van der Waals surface area (Å²) in [5, 5.41) is 12.3. The third kappa shape index (κ3) is 3.45. The van der Waals surface area contributed by atoms with Crippen LogP contribution in [0.4, 0.5) is 10.1 Å². The lowest BCUT2D eigenvalue weighted by Crippen LogP contribution is -2.11. The van der Waals surface area contributed by atoms with Crippen molar-refractivity contribution in [3.05, 3.63) is 59.4 Å². The van der Waals surface area contributed by atoms with Crippen LogP contribution in [0.15, 0.2) is 42.5 Å². The molecule has 0 spiro atoms. The van der Waals surface area contributed by atoms with Gasteiger partial charge in [0.25, 0.3) is 0 Å². The molecule has 0 aliphatic rings. The van der Waals surface area contributed by atoms with Crippen molar-refractivity contribution in [3.8, 4) is 5.75 Å². The van der Waals surface area contributed by atoms with Gasteiger partial charge in [-0.3, -0.25) is 4.79 Å². The number of aromatic hydroxyl groups is 1. The SMILES string of the molecule is NC(=O)c1cccc(NCc2cc(O)cc(F)c2)c1. The molecule has 2 aromatic carbocycles. The zero-order valence-electron chi connectivity index (χ0n) is 10.1. The van der Waals surface area contributed by atoms with Crippen molar-refractivity contribution in [2.24, 2.45) is 5.73 Å². The Morgan fingerprint density at radius 1 is 1.26 bits per heavy atom. The van der Waals surface area contributed by atoms with Crippen LogP contribution in [0.5, 0.6) is 5.75 Å². The largest absolute Gasteiger partial charge is 0.508 e. The Balaban J connectivity index is 2.10. The van der Waals surface area contributed by atoms with E-state index in [1.807, 2.05) is 0 Å². The van der Waals surface area contributed by atoms with Gasteiger partial charge in [-0.05, 0) is 35.9 Å². The lowest BCUT2D eigenvalue weighted by atomic mass is 10.1. The molecule has 0 unspecified atom stereocenters. The summed E-state index contributed by atoms with van der Waals surface area (Å²) in [5.41, 5.74) is 6.87. The number of rotatable bonds is 4. The normalized spacial score (nSPS) is 10.2. The number of phenols is 1. The van der Waals surface area contributed by atoms with E-state index in [9.17, 15) is 14.3 Å². The fourth-order valence-electron chi connectivity index (χ4n) is 1.72. The molecule has 0 bridgehead atoms. The van der Waals surface area contributed by atoms with Gasteiger partial charge in [0, 0.05) is 23.9 Å². The zero-order valence-corrected chi connectivity index (χ0v) is 10.1. The number of carbonyl (C=O) groups excluding carboxylic acids is 1. The topological polar surface area (TPSA) is 75.4 Å². The average Bonchev–Trinajstić information content (AvgIpc) is 2.35. The minimum Gasteiger partial charge on any atom is -0.508 e. The molecule has 0 heterocycles. The molecule has 0 radical (unpaired) electrons. The van der Waals surface area contributed by atoms with Gasteiger partial charge in [-0.1, -0.05) is 6.07 Å². The summed E-state index contributed by atoms with van der Waals surface area (Å²) >= 11 is 0. The monoisotopic (exact) mass is 260 g/mol. The number of halogens is 1. The lowest BCUT2D eigenvalue weighted by Gasteiger charge is -2.08. The number of carbonyl (C=O) groups is 1. The quantitative estimate of drug-likeness (QED) is 0.789. The molecule has 4 nitrogen and oxygen atoms in total. The Morgan fingerprint density at radius 3 is 2.74 bits per heavy atom. The first kappa shape index (κ1) is 12.9. The molecule has 0 aliphatic carbocycles. The first-order valence-corrected chi connectivity index (χ1v) is 5.67. The molecule has 5 heteroatoms. The summed E-state index contributed by atoms with van der Waals surface area (Å²) in [6.07, 6.45) is 0. The summed E-state index contributed by atoms with van der Waals surface area (Å²) in [7, 11) is 0. The van der Waals surface area contributed by atoms with Crippen molar-refractivity contribution in [3.63, 3.8) is 0 Å². The molecule has 0 aliphatic heterocycles. The second-order valence-electron chi connectivity index (χ2n) is 4.12. The van der Waals surface area contributed by atoms with Gasteiger partial charge in [0.05, 0.1) is 0 Å². The molecule has 2 aromatic rings. The molecule has 0 fully saturated rings. The molecule has 0 atom stereocenters. The molecular weight excluding hydrogens is 247 g/mol. The Morgan fingerprint density at radius 2 is 2.05 bits per heavy atom.